The molecule has 0 fully saturated rings. The van der Waals surface area contributed by atoms with Crippen molar-refractivity contribution in [1.29, 1.82) is 0 Å². The van der Waals surface area contributed by atoms with E-state index in [1.165, 1.54) is 0 Å². The SMILES string of the molecule is CCC(C(=O)O)C1(C)Oc2ccc(N)cc2O1. The summed E-state index contributed by atoms with van der Waals surface area (Å²) in [7, 11) is 0. The first-order valence-electron chi connectivity index (χ1n) is 5.46. The van der Waals surface area contributed by atoms with E-state index in [9.17, 15) is 4.79 Å². The van der Waals surface area contributed by atoms with Gasteiger partial charge in [0.05, 0.1) is 0 Å². The van der Waals surface area contributed by atoms with Gasteiger partial charge >= 0.3 is 5.97 Å². The molecule has 0 aliphatic carbocycles. The fourth-order valence-electron chi connectivity index (χ4n) is 2.06. The third-order valence-electron chi connectivity index (χ3n) is 2.93. The summed E-state index contributed by atoms with van der Waals surface area (Å²) >= 11 is 0. The van der Waals surface area contributed by atoms with Crippen molar-refractivity contribution in [2.45, 2.75) is 26.1 Å². The molecule has 92 valence electrons. The first-order valence-corrected chi connectivity index (χ1v) is 5.46. The zero-order valence-electron chi connectivity index (χ0n) is 9.77. The van der Waals surface area contributed by atoms with Crippen molar-refractivity contribution in [2.24, 2.45) is 5.92 Å². The molecule has 1 heterocycles. The number of hydrogen-bond donors (Lipinski definition) is 2. The molecule has 17 heavy (non-hydrogen) atoms. The molecule has 1 aromatic rings. The van der Waals surface area contributed by atoms with Crippen LogP contribution in [0.2, 0.25) is 0 Å². The summed E-state index contributed by atoms with van der Waals surface area (Å²) in [6.07, 6.45) is 0.426. The lowest BCUT2D eigenvalue weighted by Gasteiger charge is -2.28. The van der Waals surface area contributed by atoms with Gasteiger partial charge in [-0.15, -0.1) is 0 Å². The maximum atomic E-state index is 11.2. The Morgan fingerprint density at radius 2 is 2.12 bits per heavy atom. The minimum Gasteiger partial charge on any atom is -0.481 e. The Kier molecular flexibility index (Phi) is 2.61. The molecule has 0 bridgehead atoms. The van der Waals surface area contributed by atoms with Crippen molar-refractivity contribution in [3.63, 3.8) is 0 Å². The molecule has 1 aliphatic heterocycles. The molecule has 0 spiro atoms. The van der Waals surface area contributed by atoms with E-state index >= 15 is 0 Å². The van der Waals surface area contributed by atoms with Crippen molar-refractivity contribution in [2.75, 3.05) is 5.73 Å². The lowest BCUT2D eigenvalue weighted by Crippen LogP contribution is -2.46. The Morgan fingerprint density at radius 3 is 2.71 bits per heavy atom. The number of nitrogen functional groups attached to an aromatic ring is 1. The van der Waals surface area contributed by atoms with Crippen LogP contribution in [0.1, 0.15) is 20.3 Å². The number of carbonyl (C=O) groups is 1. The van der Waals surface area contributed by atoms with E-state index in [-0.39, 0.29) is 0 Å². The van der Waals surface area contributed by atoms with Crippen LogP contribution in [0.25, 0.3) is 0 Å². The minimum absolute atomic E-state index is 0.426. The van der Waals surface area contributed by atoms with E-state index in [4.69, 9.17) is 20.3 Å². The minimum atomic E-state index is -1.17. The zero-order chi connectivity index (χ0) is 12.6. The van der Waals surface area contributed by atoms with Crippen molar-refractivity contribution in [3.05, 3.63) is 18.2 Å². The maximum Gasteiger partial charge on any atom is 0.314 e. The second-order valence-electron chi connectivity index (χ2n) is 4.23. The molecule has 0 aromatic heterocycles. The van der Waals surface area contributed by atoms with Crippen molar-refractivity contribution in [1.82, 2.24) is 0 Å². The molecule has 5 nitrogen and oxygen atoms in total. The van der Waals surface area contributed by atoms with E-state index in [0.717, 1.165) is 0 Å². The highest BCUT2D eigenvalue weighted by Crippen LogP contribution is 2.43. The number of hydrogen-bond acceptors (Lipinski definition) is 4. The quantitative estimate of drug-likeness (QED) is 0.784. The van der Waals surface area contributed by atoms with Crippen LogP contribution in [0.4, 0.5) is 5.69 Å². The van der Waals surface area contributed by atoms with Gasteiger partial charge < -0.3 is 20.3 Å². The number of anilines is 1. The van der Waals surface area contributed by atoms with Crippen LogP contribution >= 0.6 is 0 Å². The Hall–Kier alpha value is -1.91. The number of aliphatic carboxylic acids is 1. The number of nitrogens with two attached hydrogens (primary N) is 1. The van der Waals surface area contributed by atoms with E-state index in [1.807, 2.05) is 0 Å². The molecule has 2 unspecified atom stereocenters. The summed E-state index contributed by atoms with van der Waals surface area (Å²) in [4.78, 5) is 11.2. The van der Waals surface area contributed by atoms with Crippen molar-refractivity contribution in [3.8, 4) is 11.5 Å². The summed E-state index contributed by atoms with van der Waals surface area (Å²) in [6, 6.07) is 5.01. The lowest BCUT2D eigenvalue weighted by atomic mass is 9.97. The number of rotatable bonds is 3. The van der Waals surface area contributed by atoms with Crippen LogP contribution in [0.3, 0.4) is 0 Å². The van der Waals surface area contributed by atoms with E-state index < -0.39 is 17.7 Å². The molecular weight excluding hydrogens is 222 g/mol. The summed E-state index contributed by atoms with van der Waals surface area (Å²) in [5, 5.41) is 9.15. The second kappa shape index (κ2) is 3.84. The van der Waals surface area contributed by atoms with Gasteiger partial charge in [0.1, 0.15) is 5.92 Å². The largest absolute Gasteiger partial charge is 0.481 e. The third-order valence-corrected chi connectivity index (χ3v) is 2.93. The van der Waals surface area contributed by atoms with Gasteiger partial charge in [-0.25, -0.2) is 0 Å². The number of carboxylic acids is 1. The summed E-state index contributed by atoms with van der Waals surface area (Å²) in [5.41, 5.74) is 6.19. The predicted octanol–water partition coefficient (Wildman–Crippen LogP) is 1.87. The Labute approximate surface area is 99.1 Å². The summed E-state index contributed by atoms with van der Waals surface area (Å²) in [6.45, 7) is 3.42. The Morgan fingerprint density at radius 1 is 1.47 bits per heavy atom. The van der Waals surface area contributed by atoms with Gasteiger partial charge in [0.25, 0.3) is 5.79 Å². The molecular formula is C12H15NO4. The molecule has 0 saturated carbocycles. The van der Waals surface area contributed by atoms with Gasteiger partial charge in [0.2, 0.25) is 0 Å². The molecule has 5 heteroatoms. The Bertz CT molecular complexity index is 460. The zero-order valence-corrected chi connectivity index (χ0v) is 9.77. The van der Waals surface area contributed by atoms with Crippen LogP contribution in [-0.4, -0.2) is 16.9 Å². The lowest BCUT2D eigenvalue weighted by molar-refractivity contribution is -0.166. The van der Waals surface area contributed by atoms with Gasteiger partial charge in [0.15, 0.2) is 11.5 Å². The molecule has 3 N–H and O–H groups in total. The average Bonchev–Trinajstić information content (AvgIpc) is 2.54. The molecule has 1 aliphatic rings. The van der Waals surface area contributed by atoms with Gasteiger partial charge in [0, 0.05) is 18.7 Å². The first-order chi connectivity index (χ1) is 7.96. The molecule has 0 amide bonds. The highest BCUT2D eigenvalue weighted by Gasteiger charge is 2.47. The van der Waals surface area contributed by atoms with Gasteiger partial charge in [-0.1, -0.05) is 6.92 Å². The van der Waals surface area contributed by atoms with Gasteiger partial charge in [-0.2, -0.15) is 0 Å². The highest BCUT2D eigenvalue weighted by atomic mass is 16.7. The molecule has 1 aromatic carbocycles. The number of carboxylic acid groups (broad SMARTS) is 1. The average molecular weight is 237 g/mol. The molecule has 0 saturated heterocycles. The fourth-order valence-corrected chi connectivity index (χ4v) is 2.06. The first kappa shape index (κ1) is 11.6. The standard InChI is InChI=1S/C12H15NO4/c1-3-8(11(14)15)12(2)16-9-5-4-7(13)6-10(9)17-12/h4-6,8H,3,13H2,1-2H3,(H,14,15). The predicted molar refractivity (Wildman–Crippen MR) is 61.9 cm³/mol. The van der Waals surface area contributed by atoms with Gasteiger partial charge in [-0.3, -0.25) is 4.79 Å². The molecule has 2 rings (SSSR count). The molecule has 0 radical (unpaired) electrons. The van der Waals surface area contributed by atoms with Gasteiger partial charge in [-0.05, 0) is 18.6 Å². The van der Waals surface area contributed by atoms with Crippen LogP contribution in [0, 0.1) is 5.92 Å². The van der Waals surface area contributed by atoms with Crippen molar-refractivity contribution < 1.29 is 19.4 Å². The number of ether oxygens (including phenoxy) is 2. The Balaban J connectivity index is 2.31. The number of fused-ring (bicyclic) bond motifs is 1. The number of benzene rings is 1. The smallest absolute Gasteiger partial charge is 0.314 e. The van der Waals surface area contributed by atoms with E-state index in [2.05, 4.69) is 0 Å². The fraction of sp³-hybridized carbons (Fsp3) is 0.417. The second-order valence-corrected chi connectivity index (χ2v) is 4.23. The van der Waals surface area contributed by atoms with E-state index in [1.54, 1.807) is 32.0 Å². The summed E-state index contributed by atoms with van der Waals surface area (Å²) < 4.78 is 11.2. The monoisotopic (exact) mass is 237 g/mol. The normalized spacial score (nSPS) is 23.4. The highest BCUT2D eigenvalue weighted by molar-refractivity contribution is 5.71. The van der Waals surface area contributed by atoms with Crippen molar-refractivity contribution >= 4 is 11.7 Å². The van der Waals surface area contributed by atoms with E-state index in [0.29, 0.717) is 23.6 Å². The van der Waals surface area contributed by atoms with Crippen LogP contribution in [0.5, 0.6) is 11.5 Å². The topological polar surface area (TPSA) is 81.8 Å². The van der Waals surface area contributed by atoms with Crippen LogP contribution in [0.15, 0.2) is 18.2 Å². The third kappa shape index (κ3) is 1.88. The summed E-state index contributed by atoms with van der Waals surface area (Å²) in [5.74, 6) is -1.81. The molecule has 2 atom stereocenters. The van der Waals surface area contributed by atoms with Crippen LogP contribution < -0.4 is 15.2 Å². The maximum absolute atomic E-state index is 11.2. The van der Waals surface area contributed by atoms with Crippen LogP contribution in [-0.2, 0) is 4.79 Å².